The van der Waals surface area contributed by atoms with Gasteiger partial charge in [-0.2, -0.15) is 0 Å². The van der Waals surface area contributed by atoms with Crippen molar-refractivity contribution in [3.8, 4) is 11.5 Å². The zero-order valence-electron chi connectivity index (χ0n) is 9.32. The third-order valence-electron chi connectivity index (χ3n) is 2.50. The summed E-state index contributed by atoms with van der Waals surface area (Å²) >= 11 is 9.29. The van der Waals surface area contributed by atoms with E-state index in [9.17, 15) is 10.2 Å². The maximum absolute atomic E-state index is 9.65. The molecule has 2 aromatic rings. The van der Waals surface area contributed by atoms with Gasteiger partial charge >= 0.3 is 0 Å². The molecule has 94 valence electrons. The van der Waals surface area contributed by atoms with Gasteiger partial charge in [-0.15, -0.1) is 0 Å². The molecule has 3 nitrogen and oxygen atoms in total. The van der Waals surface area contributed by atoms with E-state index in [1.807, 2.05) is 12.1 Å². The van der Waals surface area contributed by atoms with Gasteiger partial charge in [-0.3, -0.25) is 0 Å². The Hall–Kier alpha value is -1.39. The van der Waals surface area contributed by atoms with Gasteiger partial charge in [-0.1, -0.05) is 23.7 Å². The molecule has 0 radical (unpaired) electrons. The van der Waals surface area contributed by atoms with Crippen LogP contribution in [0.4, 0.5) is 5.69 Å². The van der Waals surface area contributed by atoms with Crippen LogP contribution in [0.15, 0.2) is 40.9 Å². The Morgan fingerprint density at radius 3 is 2.67 bits per heavy atom. The highest BCUT2D eigenvalue weighted by Crippen LogP contribution is 2.30. The Balaban J connectivity index is 2.11. The molecule has 2 rings (SSSR count). The number of nitrogens with one attached hydrogen (secondary N) is 1. The monoisotopic (exact) mass is 327 g/mol. The summed E-state index contributed by atoms with van der Waals surface area (Å²) in [4.78, 5) is 0. The van der Waals surface area contributed by atoms with Crippen molar-refractivity contribution in [2.24, 2.45) is 0 Å². The lowest BCUT2D eigenvalue weighted by Crippen LogP contribution is -1.99. The molecule has 0 aliphatic rings. The zero-order valence-corrected chi connectivity index (χ0v) is 11.7. The topological polar surface area (TPSA) is 52.5 Å². The van der Waals surface area contributed by atoms with Crippen molar-refractivity contribution in [1.82, 2.24) is 0 Å². The Kier molecular flexibility index (Phi) is 3.99. The Bertz CT molecular complexity index is 575. The molecule has 18 heavy (non-hydrogen) atoms. The number of para-hydroxylation sites is 1. The average molecular weight is 329 g/mol. The van der Waals surface area contributed by atoms with Crippen molar-refractivity contribution in [3.63, 3.8) is 0 Å². The van der Waals surface area contributed by atoms with Gasteiger partial charge in [0, 0.05) is 22.3 Å². The molecule has 0 aliphatic carbocycles. The van der Waals surface area contributed by atoms with Crippen LogP contribution in [-0.2, 0) is 6.54 Å². The molecule has 0 unspecified atom stereocenters. The molecule has 0 saturated carbocycles. The van der Waals surface area contributed by atoms with E-state index in [1.54, 1.807) is 18.2 Å². The van der Waals surface area contributed by atoms with E-state index in [0.717, 1.165) is 10.2 Å². The lowest BCUT2D eigenvalue weighted by molar-refractivity contribution is 0.400. The Labute approximate surface area is 118 Å². The summed E-state index contributed by atoms with van der Waals surface area (Å²) in [5.74, 6) is -0.226. The van der Waals surface area contributed by atoms with Crippen LogP contribution in [0.2, 0.25) is 5.02 Å². The predicted octanol–water partition coefficient (Wildman–Crippen LogP) is 4.13. The lowest BCUT2D eigenvalue weighted by Gasteiger charge is -2.09. The minimum atomic E-state index is -0.122. The smallest absolute Gasteiger partial charge is 0.162 e. The molecule has 0 atom stereocenters. The van der Waals surface area contributed by atoms with Crippen molar-refractivity contribution in [1.29, 1.82) is 0 Å². The third kappa shape index (κ3) is 2.89. The van der Waals surface area contributed by atoms with Crippen LogP contribution in [0.3, 0.4) is 0 Å². The molecular weight excluding hydrogens is 318 g/mol. The van der Waals surface area contributed by atoms with E-state index in [4.69, 9.17) is 11.6 Å². The summed E-state index contributed by atoms with van der Waals surface area (Å²) in [6.45, 7) is 0.401. The second kappa shape index (κ2) is 5.50. The first-order valence-electron chi connectivity index (χ1n) is 5.26. The van der Waals surface area contributed by atoms with Crippen LogP contribution in [0.5, 0.6) is 11.5 Å². The summed E-state index contributed by atoms with van der Waals surface area (Å²) in [7, 11) is 0. The number of benzene rings is 2. The summed E-state index contributed by atoms with van der Waals surface area (Å²) in [5.41, 5.74) is 1.46. The van der Waals surface area contributed by atoms with Gasteiger partial charge in [0.05, 0.1) is 5.02 Å². The van der Waals surface area contributed by atoms with Gasteiger partial charge in [0.25, 0.3) is 0 Å². The number of hydrogen-bond acceptors (Lipinski definition) is 3. The number of hydrogen-bond donors (Lipinski definition) is 3. The van der Waals surface area contributed by atoms with Crippen molar-refractivity contribution in [2.45, 2.75) is 6.54 Å². The Morgan fingerprint density at radius 1 is 1.17 bits per heavy atom. The summed E-state index contributed by atoms with van der Waals surface area (Å²) in [6, 6.07) is 10.4. The quantitative estimate of drug-likeness (QED) is 0.743. The second-order valence-electron chi connectivity index (χ2n) is 3.77. The summed E-state index contributed by atoms with van der Waals surface area (Å²) < 4.78 is 0.829. The predicted molar refractivity (Wildman–Crippen MR) is 76.3 cm³/mol. The molecule has 0 heterocycles. The average Bonchev–Trinajstić information content (AvgIpc) is 2.35. The van der Waals surface area contributed by atoms with Crippen LogP contribution in [0, 0.1) is 0 Å². The number of rotatable bonds is 3. The summed E-state index contributed by atoms with van der Waals surface area (Å²) in [6.07, 6.45) is 0. The van der Waals surface area contributed by atoms with Crippen molar-refractivity contribution in [2.75, 3.05) is 5.32 Å². The van der Waals surface area contributed by atoms with Crippen LogP contribution in [-0.4, -0.2) is 10.2 Å². The first kappa shape index (κ1) is 13.1. The molecule has 0 amide bonds. The largest absolute Gasteiger partial charge is 0.504 e. The number of phenols is 2. The van der Waals surface area contributed by atoms with Gasteiger partial charge in [-0.05, 0) is 40.2 Å². The van der Waals surface area contributed by atoms with E-state index < -0.39 is 0 Å². The first-order valence-corrected chi connectivity index (χ1v) is 6.44. The molecule has 0 aromatic heterocycles. The third-order valence-corrected chi connectivity index (χ3v) is 3.73. The van der Waals surface area contributed by atoms with E-state index in [1.165, 1.54) is 6.07 Å². The van der Waals surface area contributed by atoms with Crippen LogP contribution >= 0.6 is 27.5 Å². The molecule has 0 saturated heterocycles. The van der Waals surface area contributed by atoms with Gasteiger partial charge in [0.15, 0.2) is 11.5 Å². The molecule has 3 N–H and O–H groups in total. The number of halogens is 2. The number of anilines is 1. The molecule has 0 aliphatic heterocycles. The van der Waals surface area contributed by atoms with E-state index >= 15 is 0 Å². The first-order chi connectivity index (χ1) is 8.58. The van der Waals surface area contributed by atoms with Crippen LogP contribution in [0.1, 0.15) is 5.56 Å². The second-order valence-corrected chi connectivity index (χ2v) is 5.03. The fourth-order valence-electron chi connectivity index (χ4n) is 1.52. The minimum absolute atomic E-state index is 0.104. The zero-order chi connectivity index (χ0) is 13.1. The lowest BCUT2D eigenvalue weighted by atomic mass is 10.2. The normalized spacial score (nSPS) is 10.3. The Morgan fingerprint density at radius 2 is 1.94 bits per heavy atom. The molecule has 2 aromatic carbocycles. The van der Waals surface area contributed by atoms with Crippen molar-refractivity contribution >= 4 is 33.2 Å². The highest BCUT2D eigenvalue weighted by atomic mass is 79.9. The maximum Gasteiger partial charge on any atom is 0.162 e. The van der Waals surface area contributed by atoms with E-state index in [2.05, 4.69) is 21.2 Å². The van der Waals surface area contributed by atoms with Gasteiger partial charge in [0.1, 0.15) is 0 Å². The highest BCUT2D eigenvalue weighted by Gasteiger charge is 2.05. The van der Waals surface area contributed by atoms with Crippen LogP contribution < -0.4 is 5.32 Å². The van der Waals surface area contributed by atoms with Crippen molar-refractivity contribution in [3.05, 3.63) is 51.5 Å². The molecule has 0 spiro atoms. The van der Waals surface area contributed by atoms with Gasteiger partial charge in [0.2, 0.25) is 0 Å². The molecule has 0 bridgehead atoms. The fraction of sp³-hybridized carbons (Fsp3) is 0.0769. The van der Waals surface area contributed by atoms with Gasteiger partial charge in [-0.25, -0.2) is 0 Å². The fourth-order valence-corrected chi connectivity index (χ4v) is 1.95. The highest BCUT2D eigenvalue weighted by molar-refractivity contribution is 9.10. The van der Waals surface area contributed by atoms with E-state index in [-0.39, 0.29) is 11.5 Å². The maximum atomic E-state index is 9.65. The SMILES string of the molecule is Oc1cccc(CNc2ccc(Br)c(Cl)c2)c1O. The number of aromatic hydroxyl groups is 2. The molecule has 0 fully saturated rings. The van der Waals surface area contributed by atoms with Crippen molar-refractivity contribution < 1.29 is 10.2 Å². The van der Waals surface area contributed by atoms with Gasteiger partial charge < -0.3 is 15.5 Å². The number of phenolic OH excluding ortho intramolecular Hbond substituents is 2. The molecular formula is C13H11BrClNO2. The van der Waals surface area contributed by atoms with E-state index in [0.29, 0.717) is 17.1 Å². The summed E-state index contributed by atoms with van der Waals surface area (Å²) in [5, 5.41) is 22.8. The standard InChI is InChI=1S/C13H11BrClNO2/c14-10-5-4-9(6-11(10)15)16-7-8-2-1-3-12(17)13(8)18/h1-6,16-18H,7H2. The van der Waals surface area contributed by atoms with Crippen LogP contribution in [0.25, 0.3) is 0 Å². The molecule has 5 heteroatoms. The minimum Gasteiger partial charge on any atom is -0.504 e.